The fraction of sp³-hybridized carbons (Fsp3) is 0.381. The number of para-hydroxylation sites is 1. The largest absolute Gasteiger partial charge is 0.489 e. The van der Waals surface area contributed by atoms with Gasteiger partial charge in [-0.3, -0.25) is 4.90 Å². The third-order valence-corrected chi connectivity index (χ3v) is 5.94. The van der Waals surface area contributed by atoms with Crippen LogP contribution in [0.3, 0.4) is 0 Å². The van der Waals surface area contributed by atoms with Gasteiger partial charge in [-0.15, -0.1) is 5.10 Å². The summed E-state index contributed by atoms with van der Waals surface area (Å²) >= 11 is 0. The molecule has 1 aromatic heterocycles. The van der Waals surface area contributed by atoms with Gasteiger partial charge in [-0.25, -0.2) is 4.79 Å². The van der Waals surface area contributed by atoms with Gasteiger partial charge < -0.3 is 9.57 Å². The van der Waals surface area contributed by atoms with E-state index in [0.29, 0.717) is 28.7 Å². The van der Waals surface area contributed by atoms with Crippen LogP contribution < -0.4 is 9.57 Å². The Bertz CT molecular complexity index is 1000. The van der Waals surface area contributed by atoms with E-state index in [0.717, 1.165) is 17.0 Å². The summed E-state index contributed by atoms with van der Waals surface area (Å²) in [5.74, 6) is 0.298. The van der Waals surface area contributed by atoms with Crippen LogP contribution in [0.4, 0.5) is 0 Å². The van der Waals surface area contributed by atoms with E-state index in [-0.39, 0.29) is 6.10 Å². The van der Waals surface area contributed by atoms with Crippen LogP contribution in [-0.4, -0.2) is 51.3 Å². The van der Waals surface area contributed by atoms with Crippen molar-refractivity contribution < 1.29 is 14.4 Å². The standard InChI is InChI=1S/C21H22N4O3/c1-24-15-5-4-8-19(24)20(13-15)27-16-11-9-14(10-12-16)21(26)28-25-18-7-3-2-6-17(18)22-23-25/h2-3,6-7,9-12,15,19-20H,4-5,8,13H2,1H3. The van der Waals surface area contributed by atoms with Crippen molar-refractivity contribution >= 4 is 17.0 Å². The van der Waals surface area contributed by atoms with Gasteiger partial charge in [0, 0.05) is 18.5 Å². The molecule has 0 radical (unpaired) electrons. The second-order valence-electron chi connectivity index (χ2n) is 7.56. The smallest absolute Gasteiger partial charge is 0.365 e. The molecule has 0 amide bonds. The number of nitrogens with zero attached hydrogens (tertiary/aromatic N) is 4. The summed E-state index contributed by atoms with van der Waals surface area (Å²) in [6.45, 7) is 0. The van der Waals surface area contributed by atoms with E-state index >= 15 is 0 Å². The minimum atomic E-state index is -0.487. The van der Waals surface area contributed by atoms with Gasteiger partial charge in [-0.1, -0.05) is 23.4 Å². The summed E-state index contributed by atoms with van der Waals surface area (Å²) in [6, 6.07) is 15.6. The normalized spacial score (nSPS) is 24.4. The van der Waals surface area contributed by atoms with Crippen molar-refractivity contribution in [1.82, 2.24) is 20.1 Å². The van der Waals surface area contributed by atoms with Crippen molar-refractivity contribution in [2.75, 3.05) is 7.05 Å². The van der Waals surface area contributed by atoms with Crippen LogP contribution >= 0.6 is 0 Å². The van der Waals surface area contributed by atoms with Gasteiger partial charge in [0.25, 0.3) is 0 Å². The quantitative estimate of drug-likeness (QED) is 0.650. The van der Waals surface area contributed by atoms with Gasteiger partial charge >= 0.3 is 5.97 Å². The lowest BCUT2D eigenvalue weighted by Gasteiger charge is -2.31. The molecule has 3 aromatic rings. The summed E-state index contributed by atoms with van der Waals surface area (Å²) in [4.78, 5) is 21.4. The predicted octanol–water partition coefficient (Wildman–Crippen LogP) is 2.70. The average Bonchev–Trinajstić information content (AvgIpc) is 3.16. The molecular weight excluding hydrogens is 356 g/mol. The zero-order chi connectivity index (χ0) is 19.1. The molecule has 2 fully saturated rings. The number of rotatable bonds is 4. The Labute approximate surface area is 162 Å². The van der Waals surface area contributed by atoms with Crippen molar-refractivity contribution in [1.29, 1.82) is 0 Å². The fourth-order valence-corrected chi connectivity index (χ4v) is 4.42. The first-order valence-electron chi connectivity index (χ1n) is 9.71. The van der Waals surface area contributed by atoms with Crippen molar-refractivity contribution in [3.63, 3.8) is 0 Å². The van der Waals surface area contributed by atoms with Crippen molar-refractivity contribution in [3.8, 4) is 5.75 Å². The third kappa shape index (κ3) is 3.01. The average molecular weight is 378 g/mol. The Balaban J connectivity index is 1.26. The number of hydrogen-bond acceptors (Lipinski definition) is 6. The number of fused-ring (bicyclic) bond motifs is 3. The lowest BCUT2D eigenvalue weighted by atomic mass is 10.0. The minimum absolute atomic E-state index is 0.219. The fourth-order valence-electron chi connectivity index (χ4n) is 4.42. The summed E-state index contributed by atoms with van der Waals surface area (Å²) in [5.41, 5.74) is 1.76. The molecule has 0 aliphatic carbocycles. The number of carbonyl (C=O) groups excluding carboxylic acids is 1. The highest BCUT2D eigenvalue weighted by atomic mass is 16.7. The van der Waals surface area contributed by atoms with Gasteiger partial charge in [-0.05, 0) is 61.5 Å². The third-order valence-electron chi connectivity index (χ3n) is 5.94. The van der Waals surface area contributed by atoms with Crippen LogP contribution in [0.5, 0.6) is 5.75 Å². The summed E-state index contributed by atoms with van der Waals surface area (Å²) in [5, 5.41) is 7.86. The topological polar surface area (TPSA) is 69.5 Å². The van der Waals surface area contributed by atoms with E-state index < -0.39 is 5.97 Å². The van der Waals surface area contributed by atoms with Crippen molar-refractivity contribution in [2.24, 2.45) is 0 Å². The molecule has 2 bridgehead atoms. The number of benzene rings is 2. The minimum Gasteiger partial charge on any atom is -0.489 e. The maximum atomic E-state index is 12.4. The summed E-state index contributed by atoms with van der Waals surface area (Å²) < 4.78 is 6.24. The molecule has 0 spiro atoms. The number of carbonyl (C=O) groups is 1. The van der Waals surface area contributed by atoms with E-state index in [1.54, 1.807) is 18.2 Å². The van der Waals surface area contributed by atoms with Gasteiger partial charge in [0.2, 0.25) is 0 Å². The second-order valence-corrected chi connectivity index (χ2v) is 7.56. The molecule has 3 atom stereocenters. The molecular formula is C21H22N4O3. The van der Waals surface area contributed by atoms with Gasteiger partial charge in [0.05, 0.1) is 5.56 Å². The molecule has 2 aliphatic heterocycles. The molecule has 5 rings (SSSR count). The van der Waals surface area contributed by atoms with Crippen LogP contribution in [0.1, 0.15) is 36.0 Å². The Morgan fingerprint density at radius 1 is 1.11 bits per heavy atom. The van der Waals surface area contributed by atoms with E-state index in [1.165, 1.54) is 19.3 Å². The first kappa shape index (κ1) is 17.2. The molecule has 144 valence electrons. The predicted molar refractivity (Wildman–Crippen MR) is 103 cm³/mol. The monoisotopic (exact) mass is 378 g/mol. The maximum absolute atomic E-state index is 12.4. The number of aromatic nitrogens is 3. The molecule has 28 heavy (non-hydrogen) atoms. The Hall–Kier alpha value is -2.93. The number of piperidine rings is 1. The molecule has 2 aliphatic rings. The van der Waals surface area contributed by atoms with Crippen LogP contribution in [-0.2, 0) is 0 Å². The molecule has 0 saturated carbocycles. The van der Waals surface area contributed by atoms with Crippen LogP contribution in [0.15, 0.2) is 48.5 Å². The van der Waals surface area contributed by atoms with E-state index in [9.17, 15) is 4.79 Å². The molecule has 7 nitrogen and oxygen atoms in total. The van der Waals surface area contributed by atoms with Crippen LogP contribution in [0.2, 0.25) is 0 Å². The second kappa shape index (κ2) is 6.91. The Morgan fingerprint density at radius 2 is 1.93 bits per heavy atom. The lowest BCUT2D eigenvalue weighted by Crippen LogP contribution is -2.40. The first-order valence-corrected chi connectivity index (χ1v) is 9.71. The molecule has 3 unspecified atom stereocenters. The highest BCUT2D eigenvalue weighted by Gasteiger charge is 2.42. The maximum Gasteiger partial charge on any atom is 0.365 e. The van der Waals surface area contributed by atoms with E-state index in [2.05, 4.69) is 22.3 Å². The number of ether oxygens (including phenoxy) is 1. The first-order chi connectivity index (χ1) is 13.7. The number of hydrogen-bond donors (Lipinski definition) is 0. The number of likely N-dealkylation sites (N-methyl/N-ethyl adjacent to an activating group) is 1. The van der Waals surface area contributed by atoms with Crippen molar-refractivity contribution in [3.05, 3.63) is 54.1 Å². The SMILES string of the molecule is CN1C2CCCC1C(Oc1ccc(C(=O)On3nnc4ccccc43)cc1)C2. The van der Waals surface area contributed by atoms with Crippen LogP contribution in [0.25, 0.3) is 11.0 Å². The molecule has 0 N–H and O–H groups in total. The van der Waals surface area contributed by atoms with Gasteiger partial charge in [0.1, 0.15) is 22.9 Å². The Morgan fingerprint density at radius 3 is 2.75 bits per heavy atom. The molecule has 2 saturated heterocycles. The molecule has 2 aromatic carbocycles. The molecule has 3 heterocycles. The van der Waals surface area contributed by atoms with Crippen LogP contribution in [0, 0.1) is 0 Å². The van der Waals surface area contributed by atoms with E-state index in [4.69, 9.17) is 9.57 Å². The van der Waals surface area contributed by atoms with E-state index in [1.807, 2.05) is 30.3 Å². The summed E-state index contributed by atoms with van der Waals surface area (Å²) in [7, 11) is 2.20. The highest BCUT2D eigenvalue weighted by Crippen LogP contribution is 2.36. The van der Waals surface area contributed by atoms with Crippen molar-refractivity contribution in [2.45, 2.75) is 43.9 Å². The van der Waals surface area contributed by atoms with Gasteiger partial charge in [-0.2, -0.15) is 0 Å². The summed E-state index contributed by atoms with van der Waals surface area (Å²) in [6.07, 6.45) is 5.02. The lowest BCUT2D eigenvalue weighted by molar-refractivity contribution is 0.0408. The van der Waals surface area contributed by atoms with Gasteiger partial charge in [0.15, 0.2) is 0 Å². The zero-order valence-electron chi connectivity index (χ0n) is 15.7. The zero-order valence-corrected chi connectivity index (χ0v) is 15.7. The highest BCUT2D eigenvalue weighted by molar-refractivity contribution is 5.90. The molecule has 7 heteroatoms. The Kier molecular flexibility index (Phi) is 4.24.